The molecule has 2 heteroatoms. The predicted molar refractivity (Wildman–Crippen MR) is 76.7 cm³/mol. The molecule has 88 valence electrons. The summed E-state index contributed by atoms with van der Waals surface area (Å²) in [4.78, 5) is 0. The van der Waals surface area contributed by atoms with E-state index in [2.05, 4.69) is 18.2 Å². The molecule has 0 aromatic heterocycles. The van der Waals surface area contributed by atoms with E-state index in [9.17, 15) is 0 Å². The van der Waals surface area contributed by atoms with Crippen molar-refractivity contribution in [2.45, 2.75) is 5.32 Å². The van der Waals surface area contributed by atoms with Crippen molar-refractivity contribution in [3.05, 3.63) is 71.8 Å². The molecule has 0 spiro atoms. The third-order valence-electron chi connectivity index (χ3n) is 2.42. The van der Waals surface area contributed by atoms with Gasteiger partial charge >= 0.3 is 114 Å². The number of nitriles is 1. The number of benzene rings is 2. The number of rotatable bonds is 4. The molecule has 0 atom stereocenters. The van der Waals surface area contributed by atoms with Gasteiger partial charge in [-0.2, -0.15) is 0 Å². The molecule has 2 aromatic rings. The molecule has 0 fully saturated rings. The van der Waals surface area contributed by atoms with Crippen molar-refractivity contribution in [3.63, 3.8) is 0 Å². The second kappa shape index (κ2) is 6.81. The topological polar surface area (TPSA) is 23.8 Å². The average molecular weight is 298 g/mol. The third-order valence-corrected chi connectivity index (χ3v) is 4.65. The van der Waals surface area contributed by atoms with Gasteiger partial charge in [-0.25, -0.2) is 0 Å². The Bertz CT molecular complexity index is 553. The maximum absolute atomic E-state index is 9.16. The van der Waals surface area contributed by atoms with E-state index in [1.807, 2.05) is 54.6 Å². The van der Waals surface area contributed by atoms with E-state index < -0.39 is 0 Å². The van der Waals surface area contributed by atoms with Gasteiger partial charge in [-0.3, -0.25) is 0 Å². The summed E-state index contributed by atoms with van der Waals surface area (Å²) in [5, 5.41) is 10.0. The molecule has 0 aliphatic carbocycles. The molecule has 0 saturated heterocycles. The molecule has 0 unspecified atom stereocenters. The Kier molecular flexibility index (Phi) is 4.78. The van der Waals surface area contributed by atoms with Crippen LogP contribution in [0.4, 0.5) is 0 Å². The summed E-state index contributed by atoms with van der Waals surface area (Å²) in [5.41, 5.74) is 1.95. The van der Waals surface area contributed by atoms with Crippen molar-refractivity contribution >= 4 is 25.5 Å². The van der Waals surface area contributed by atoms with Crippen molar-refractivity contribution in [2.75, 3.05) is 0 Å². The van der Waals surface area contributed by atoms with E-state index in [4.69, 9.17) is 5.26 Å². The van der Waals surface area contributed by atoms with E-state index >= 15 is 0 Å². The van der Waals surface area contributed by atoms with Gasteiger partial charge in [-0.15, -0.1) is 0 Å². The van der Waals surface area contributed by atoms with Crippen LogP contribution in [0.3, 0.4) is 0 Å². The number of hydrogen-bond acceptors (Lipinski definition) is 1. The molecule has 0 saturated carbocycles. The Hall–Kier alpha value is -1.81. The molecule has 1 nitrogen and oxygen atoms in total. The van der Waals surface area contributed by atoms with Gasteiger partial charge in [0.25, 0.3) is 0 Å². The SMILES string of the molecule is N#C/C(=C\c1ccccc1)C[Se]c1ccccc1. The standard InChI is InChI=1S/C16H13NSe/c17-12-15(11-14-7-3-1-4-8-14)13-18-16-9-5-2-6-10-16/h1-11H,13H2/b15-11+. The van der Waals surface area contributed by atoms with Gasteiger partial charge in [0.1, 0.15) is 0 Å². The monoisotopic (exact) mass is 299 g/mol. The Morgan fingerprint density at radius 1 is 1.00 bits per heavy atom. The Balaban J connectivity index is 2.03. The van der Waals surface area contributed by atoms with Crippen molar-refractivity contribution < 1.29 is 0 Å². The third kappa shape index (κ3) is 3.89. The molecule has 18 heavy (non-hydrogen) atoms. The van der Waals surface area contributed by atoms with Gasteiger partial charge in [0.05, 0.1) is 0 Å². The Morgan fingerprint density at radius 3 is 2.22 bits per heavy atom. The van der Waals surface area contributed by atoms with Crippen LogP contribution in [0.2, 0.25) is 5.32 Å². The first-order chi connectivity index (χ1) is 8.88. The van der Waals surface area contributed by atoms with Gasteiger partial charge < -0.3 is 0 Å². The molecule has 0 aliphatic rings. The van der Waals surface area contributed by atoms with Crippen LogP contribution in [-0.2, 0) is 0 Å². The van der Waals surface area contributed by atoms with E-state index in [1.54, 1.807) is 0 Å². The van der Waals surface area contributed by atoms with E-state index in [0.29, 0.717) is 15.0 Å². The van der Waals surface area contributed by atoms with Crippen molar-refractivity contribution in [3.8, 4) is 6.07 Å². The summed E-state index contributed by atoms with van der Waals surface area (Å²) in [6.07, 6.45) is 1.98. The molecular formula is C16H13NSe. The van der Waals surface area contributed by atoms with Gasteiger partial charge in [0.2, 0.25) is 0 Å². The molecule has 0 heterocycles. The molecule has 0 amide bonds. The first-order valence-electron chi connectivity index (χ1n) is 5.72. The van der Waals surface area contributed by atoms with Crippen LogP contribution in [0.25, 0.3) is 6.08 Å². The number of hydrogen-bond donors (Lipinski definition) is 0. The first-order valence-corrected chi connectivity index (χ1v) is 7.79. The van der Waals surface area contributed by atoms with Gasteiger partial charge in [0.15, 0.2) is 0 Å². The molecule has 0 radical (unpaired) electrons. The second-order valence-corrected chi connectivity index (χ2v) is 5.99. The minimum absolute atomic E-state index is 0.331. The summed E-state index contributed by atoms with van der Waals surface area (Å²) in [6, 6.07) is 22.7. The van der Waals surface area contributed by atoms with E-state index in [0.717, 1.165) is 16.5 Å². The molecular weight excluding hydrogens is 285 g/mol. The van der Waals surface area contributed by atoms with Crippen LogP contribution in [0.5, 0.6) is 0 Å². The van der Waals surface area contributed by atoms with E-state index in [-0.39, 0.29) is 0 Å². The predicted octanol–water partition coefficient (Wildman–Crippen LogP) is 3.04. The fraction of sp³-hybridized carbons (Fsp3) is 0.0625. The normalized spacial score (nSPS) is 10.9. The molecule has 2 rings (SSSR count). The second-order valence-electron chi connectivity index (χ2n) is 3.79. The zero-order valence-corrected chi connectivity index (χ0v) is 11.6. The molecule has 0 bridgehead atoms. The van der Waals surface area contributed by atoms with Crippen LogP contribution < -0.4 is 4.46 Å². The minimum atomic E-state index is 0.331. The zero-order valence-electron chi connectivity index (χ0n) is 9.91. The van der Waals surface area contributed by atoms with Crippen LogP contribution >= 0.6 is 0 Å². The summed E-state index contributed by atoms with van der Waals surface area (Å²) in [6.45, 7) is 0. The van der Waals surface area contributed by atoms with Gasteiger partial charge in [-0.1, -0.05) is 0 Å². The van der Waals surface area contributed by atoms with Crippen molar-refractivity contribution in [1.82, 2.24) is 0 Å². The zero-order chi connectivity index (χ0) is 12.6. The quantitative estimate of drug-likeness (QED) is 0.629. The Morgan fingerprint density at radius 2 is 1.61 bits per heavy atom. The van der Waals surface area contributed by atoms with Crippen LogP contribution in [-0.4, -0.2) is 15.0 Å². The van der Waals surface area contributed by atoms with Crippen molar-refractivity contribution in [1.29, 1.82) is 5.26 Å². The van der Waals surface area contributed by atoms with Gasteiger partial charge in [-0.05, 0) is 0 Å². The van der Waals surface area contributed by atoms with E-state index in [1.165, 1.54) is 4.46 Å². The van der Waals surface area contributed by atoms with Crippen LogP contribution in [0.1, 0.15) is 5.56 Å². The van der Waals surface area contributed by atoms with Crippen LogP contribution in [0, 0.1) is 11.3 Å². The fourth-order valence-electron chi connectivity index (χ4n) is 1.53. The molecule has 0 aliphatic heterocycles. The Labute approximate surface area is 114 Å². The first kappa shape index (κ1) is 12.6. The van der Waals surface area contributed by atoms with Crippen LogP contribution in [0.15, 0.2) is 66.2 Å². The summed E-state index contributed by atoms with van der Waals surface area (Å²) in [7, 11) is 0. The number of nitrogens with zero attached hydrogens (tertiary/aromatic N) is 1. The summed E-state index contributed by atoms with van der Waals surface area (Å²) < 4.78 is 1.33. The van der Waals surface area contributed by atoms with Gasteiger partial charge in [0, 0.05) is 0 Å². The summed E-state index contributed by atoms with van der Waals surface area (Å²) in [5.74, 6) is 0. The van der Waals surface area contributed by atoms with Crippen molar-refractivity contribution in [2.24, 2.45) is 0 Å². The summed E-state index contributed by atoms with van der Waals surface area (Å²) >= 11 is 0.331. The molecule has 2 aromatic carbocycles. The number of allylic oxidation sites excluding steroid dienone is 1. The fourth-order valence-corrected chi connectivity index (χ4v) is 3.25. The average Bonchev–Trinajstić information content (AvgIpc) is 2.45. The maximum atomic E-state index is 9.16. The molecule has 0 N–H and O–H groups in total.